The highest BCUT2D eigenvalue weighted by atomic mass is 19.4. The van der Waals surface area contributed by atoms with E-state index in [9.17, 15) is 31.1 Å². The van der Waals surface area contributed by atoms with Crippen LogP contribution in [0.4, 0.5) is 32.0 Å². The third-order valence-corrected chi connectivity index (χ3v) is 4.92. The summed E-state index contributed by atoms with van der Waals surface area (Å²) in [5, 5.41) is 2.43. The molecule has 0 atom stereocenters. The number of nitrogens with zero attached hydrogens (tertiary/aromatic N) is 1. The summed E-state index contributed by atoms with van der Waals surface area (Å²) >= 11 is 0. The molecule has 4 rings (SSSR count). The van der Waals surface area contributed by atoms with Crippen molar-refractivity contribution in [1.29, 1.82) is 0 Å². The Morgan fingerprint density at radius 1 is 0.879 bits per heavy atom. The molecule has 0 aliphatic heterocycles. The van der Waals surface area contributed by atoms with Gasteiger partial charge in [-0.2, -0.15) is 26.3 Å². The largest absolute Gasteiger partial charge is 0.417 e. The van der Waals surface area contributed by atoms with Crippen LogP contribution in [0.5, 0.6) is 0 Å². The van der Waals surface area contributed by atoms with Crippen LogP contribution in [0.25, 0.3) is 11.0 Å². The lowest BCUT2D eigenvalue weighted by molar-refractivity contribution is -0.138. The molecule has 0 saturated carbocycles. The summed E-state index contributed by atoms with van der Waals surface area (Å²) < 4.78 is 78.0. The Labute approximate surface area is 183 Å². The molecule has 0 saturated heterocycles. The van der Waals surface area contributed by atoms with Gasteiger partial charge < -0.3 is 10.3 Å². The molecule has 0 fully saturated rings. The van der Waals surface area contributed by atoms with Crippen LogP contribution in [-0.4, -0.2) is 15.9 Å². The molecule has 1 heterocycles. The third kappa shape index (κ3) is 5.00. The number of halogens is 6. The van der Waals surface area contributed by atoms with Crippen molar-refractivity contribution in [2.45, 2.75) is 18.8 Å². The number of alkyl halides is 6. The summed E-state index contributed by atoms with van der Waals surface area (Å²) in [5.41, 5.74) is -0.624. The zero-order valence-corrected chi connectivity index (χ0v) is 16.7. The second-order valence-electron chi connectivity index (χ2n) is 7.28. The van der Waals surface area contributed by atoms with Crippen LogP contribution in [0.2, 0.25) is 0 Å². The quantitative estimate of drug-likeness (QED) is 0.342. The fourth-order valence-electron chi connectivity index (χ4n) is 3.35. The topological polar surface area (TPSA) is 57.8 Å². The first-order chi connectivity index (χ1) is 15.5. The number of rotatable bonds is 4. The molecule has 0 spiro atoms. The molecule has 0 radical (unpaired) electrons. The zero-order chi connectivity index (χ0) is 23.8. The van der Waals surface area contributed by atoms with Crippen LogP contribution in [0.3, 0.4) is 0 Å². The van der Waals surface area contributed by atoms with Crippen LogP contribution >= 0.6 is 0 Å². The Kier molecular flexibility index (Phi) is 5.61. The van der Waals surface area contributed by atoms with Crippen LogP contribution in [0.15, 0.2) is 66.7 Å². The molecule has 1 amide bonds. The molecule has 170 valence electrons. The van der Waals surface area contributed by atoms with Gasteiger partial charge in [0.1, 0.15) is 5.82 Å². The Morgan fingerprint density at radius 3 is 2.24 bits per heavy atom. The number of hydrogen-bond acceptors (Lipinski definition) is 2. The number of benzene rings is 3. The number of fused-ring (bicyclic) bond motifs is 1. The second-order valence-corrected chi connectivity index (χ2v) is 7.28. The standard InChI is InChI=1S/C23H15F6N3O/c24-22(25,26)14-7-10-18-19(12-14)32-20(31-18)11-13-5-8-15(9-6-13)30-21(33)16-3-1-2-4-17(16)23(27,28)29/h1-10,12H,11H2,(H,30,33)(H,31,32). The van der Waals surface area contributed by atoms with E-state index in [1.54, 1.807) is 12.1 Å². The zero-order valence-electron chi connectivity index (χ0n) is 16.7. The van der Waals surface area contributed by atoms with Crippen LogP contribution in [0, 0.1) is 0 Å². The summed E-state index contributed by atoms with van der Waals surface area (Å²) in [6.07, 6.45) is -8.84. The Morgan fingerprint density at radius 2 is 1.58 bits per heavy atom. The van der Waals surface area contributed by atoms with Crippen molar-refractivity contribution in [2.24, 2.45) is 0 Å². The van der Waals surface area contributed by atoms with Gasteiger partial charge in [-0.25, -0.2) is 4.98 Å². The number of imidazole rings is 1. The summed E-state index contributed by atoms with van der Waals surface area (Å²) in [4.78, 5) is 19.5. The highest BCUT2D eigenvalue weighted by Gasteiger charge is 2.35. The monoisotopic (exact) mass is 463 g/mol. The van der Waals surface area contributed by atoms with Crippen molar-refractivity contribution < 1.29 is 31.1 Å². The molecule has 4 nitrogen and oxygen atoms in total. The maximum absolute atomic E-state index is 13.1. The number of aromatic nitrogens is 2. The van der Waals surface area contributed by atoms with Crippen LogP contribution in [-0.2, 0) is 18.8 Å². The third-order valence-electron chi connectivity index (χ3n) is 4.92. The molecule has 0 aliphatic carbocycles. The summed E-state index contributed by atoms with van der Waals surface area (Å²) in [7, 11) is 0. The Bertz CT molecular complexity index is 1310. The van der Waals surface area contributed by atoms with Crippen molar-refractivity contribution in [1.82, 2.24) is 9.97 Å². The highest BCUT2D eigenvalue weighted by Crippen LogP contribution is 2.33. The number of anilines is 1. The number of H-pyrrole nitrogens is 1. The van der Waals surface area contributed by atoms with Gasteiger partial charge in [-0.15, -0.1) is 0 Å². The SMILES string of the molecule is O=C(Nc1ccc(Cc2nc3ccc(C(F)(F)F)cc3[nH]2)cc1)c1ccccc1C(F)(F)F. The molecule has 33 heavy (non-hydrogen) atoms. The van der Waals surface area contributed by atoms with Gasteiger partial charge in [0.05, 0.1) is 27.7 Å². The van der Waals surface area contributed by atoms with Gasteiger partial charge in [0, 0.05) is 12.1 Å². The fourth-order valence-corrected chi connectivity index (χ4v) is 3.35. The van der Waals surface area contributed by atoms with Crippen molar-refractivity contribution >= 4 is 22.6 Å². The van der Waals surface area contributed by atoms with Crippen LogP contribution < -0.4 is 5.32 Å². The van der Waals surface area contributed by atoms with E-state index in [0.717, 1.165) is 29.8 Å². The van der Waals surface area contributed by atoms with Crippen LogP contribution in [0.1, 0.15) is 32.9 Å². The van der Waals surface area contributed by atoms with Gasteiger partial charge in [-0.3, -0.25) is 4.79 Å². The van der Waals surface area contributed by atoms with E-state index < -0.39 is 35.0 Å². The minimum absolute atomic E-state index is 0.257. The lowest BCUT2D eigenvalue weighted by Crippen LogP contribution is -2.18. The number of hydrogen-bond donors (Lipinski definition) is 2. The van der Waals surface area contributed by atoms with Gasteiger partial charge >= 0.3 is 12.4 Å². The average Bonchev–Trinajstić information content (AvgIpc) is 3.15. The van der Waals surface area contributed by atoms with Crippen molar-refractivity contribution in [3.63, 3.8) is 0 Å². The second kappa shape index (κ2) is 8.27. The molecular formula is C23H15F6N3O. The summed E-state index contributed by atoms with van der Waals surface area (Å²) in [6.45, 7) is 0. The molecule has 0 aliphatic rings. The predicted octanol–water partition coefficient (Wildman–Crippen LogP) is 6.44. The molecule has 3 aromatic carbocycles. The van der Waals surface area contributed by atoms with E-state index in [-0.39, 0.29) is 11.9 Å². The first-order valence-electron chi connectivity index (χ1n) is 9.63. The lowest BCUT2D eigenvalue weighted by atomic mass is 10.1. The van der Waals surface area contributed by atoms with Crippen molar-refractivity contribution in [3.05, 3.63) is 94.8 Å². The fraction of sp³-hybridized carbons (Fsp3) is 0.130. The van der Waals surface area contributed by atoms with Crippen molar-refractivity contribution in [2.75, 3.05) is 5.32 Å². The van der Waals surface area contributed by atoms with Gasteiger partial charge in [0.15, 0.2) is 0 Å². The van der Waals surface area contributed by atoms with E-state index in [4.69, 9.17) is 0 Å². The summed E-state index contributed by atoms with van der Waals surface area (Å²) in [5.74, 6) is -0.450. The molecule has 2 N–H and O–H groups in total. The lowest BCUT2D eigenvalue weighted by Gasteiger charge is -2.12. The first-order valence-corrected chi connectivity index (χ1v) is 9.63. The molecule has 4 aromatic rings. The minimum Gasteiger partial charge on any atom is -0.342 e. The van der Waals surface area contributed by atoms with Gasteiger partial charge in [0.25, 0.3) is 5.91 Å². The maximum Gasteiger partial charge on any atom is 0.417 e. The first kappa shape index (κ1) is 22.4. The Balaban J connectivity index is 1.48. The number of amides is 1. The number of carbonyl (C=O) groups is 1. The van der Waals surface area contributed by atoms with E-state index in [1.807, 2.05) is 0 Å². The molecule has 1 aromatic heterocycles. The van der Waals surface area contributed by atoms with E-state index in [0.29, 0.717) is 17.0 Å². The number of carbonyl (C=O) groups excluding carboxylic acids is 1. The van der Waals surface area contributed by atoms with Gasteiger partial charge in [0.2, 0.25) is 0 Å². The summed E-state index contributed by atoms with van der Waals surface area (Å²) in [6, 6.07) is 14.0. The average molecular weight is 463 g/mol. The maximum atomic E-state index is 13.1. The van der Waals surface area contributed by atoms with E-state index in [1.165, 1.54) is 30.3 Å². The number of aromatic amines is 1. The number of nitrogens with one attached hydrogen (secondary N) is 2. The highest BCUT2D eigenvalue weighted by molar-refractivity contribution is 6.05. The molecule has 10 heteroatoms. The predicted molar refractivity (Wildman–Crippen MR) is 110 cm³/mol. The van der Waals surface area contributed by atoms with Gasteiger partial charge in [-0.1, -0.05) is 24.3 Å². The molecule has 0 unspecified atom stereocenters. The van der Waals surface area contributed by atoms with E-state index in [2.05, 4.69) is 15.3 Å². The molecule has 0 bridgehead atoms. The smallest absolute Gasteiger partial charge is 0.342 e. The van der Waals surface area contributed by atoms with E-state index >= 15 is 0 Å². The normalized spacial score (nSPS) is 12.2. The van der Waals surface area contributed by atoms with Crippen molar-refractivity contribution in [3.8, 4) is 0 Å². The van der Waals surface area contributed by atoms with Gasteiger partial charge in [-0.05, 0) is 48.0 Å². The Hall–Kier alpha value is -3.82. The molecular weight excluding hydrogens is 448 g/mol. The minimum atomic E-state index is -4.66.